The van der Waals surface area contributed by atoms with E-state index in [1.165, 1.54) is 44.9 Å². The molecule has 0 heterocycles. The Bertz CT molecular complexity index is 882. The van der Waals surface area contributed by atoms with Crippen molar-refractivity contribution in [2.75, 3.05) is 6.26 Å². The molecule has 0 unspecified atom stereocenters. The van der Waals surface area contributed by atoms with Crippen LogP contribution in [0.15, 0.2) is 23.8 Å². The summed E-state index contributed by atoms with van der Waals surface area (Å²) in [6.45, 7) is 14.8. The van der Waals surface area contributed by atoms with Gasteiger partial charge in [-0.2, -0.15) is 0 Å². The predicted molar refractivity (Wildman–Crippen MR) is 144 cm³/mol. The zero-order valence-electron chi connectivity index (χ0n) is 23.3. The summed E-state index contributed by atoms with van der Waals surface area (Å²) < 4.78 is 27.2. The third-order valence-electron chi connectivity index (χ3n) is 10.8. The van der Waals surface area contributed by atoms with Gasteiger partial charge in [-0.25, -0.2) is 8.42 Å². The Hall–Kier alpha value is -0.650. The highest BCUT2D eigenvalue weighted by atomic mass is 32.2. The smallest absolute Gasteiger partial charge is 0.0916 e. The van der Waals surface area contributed by atoms with Crippen LogP contribution in [0.5, 0.6) is 0 Å². The molecule has 4 aliphatic rings. The van der Waals surface area contributed by atoms with E-state index in [1.54, 1.807) is 5.57 Å². The second-order valence-corrected chi connectivity index (χ2v) is 14.6. The molecule has 4 rings (SSSR count). The Labute approximate surface area is 215 Å². The average Bonchev–Trinajstić information content (AvgIpc) is 3.10. The molecule has 0 amide bonds. The van der Waals surface area contributed by atoms with E-state index in [4.69, 9.17) is 13.0 Å². The number of aliphatic hydroxyl groups excluding tert-OH is 1. The predicted octanol–water partition coefficient (Wildman–Crippen LogP) is 6.96. The lowest BCUT2D eigenvalue weighted by molar-refractivity contribution is -0.0540. The summed E-state index contributed by atoms with van der Waals surface area (Å²) in [4.78, 5) is 0. The highest BCUT2D eigenvalue weighted by molar-refractivity contribution is 7.84. The van der Waals surface area contributed by atoms with E-state index in [9.17, 15) is 5.11 Å². The topological polar surface area (TPSA) is 77.4 Å². The Morgan fingerprint density at radius 3 is 2.34 bits per heavy atom. The second-order valence-electron chi connectivity index (χ2n) is 13.1. The summed E-state index contributed by atoms with van der Waals surface area (Å²) >= 11 is 0. The van der Waals surface area contributed by atoms with Crippen molar-refractivity contribution in [1.29, 1.82) is 0 Å². The van der Waals surface area contributed by atoms with E-state index in [2.05, 4.69) is 59.8 Å². The standard InChI is InChI=1S/C29H48O.CH4O3S/c1-7-21(19(2)3)9-8-20(4)25-12-13-26-24-11-10-22-18-23(30)14-16-28(22,5)27(24)15-17-29(25,26)6;1-5(2,3)4/h8-10,19-21,23-27,30H,7,11-18H2,1-6H3;1H3,(H,2,3,4)/p-1/b9-8+;/t20-,21-,23+,24+,25-,26+,27+,28+,29-;/m1./s1. The summed E-state index contributed by atoms with van der Waals surface area (Å²) in [5.74, 6) is 5.70. The third kappa shape index (κ3) is 6.26. The van der Waals surface area contributed by atoms with Crippen LogP contribution in [-0.4, -0.2) is 30.4 Å². The fraction of sp³-hybridized carbons (Fsp3) is 0.867. The lowest BCUT2D eigenvalue weighted by Gasteiger charge is -2.58. The molecule has 1 N–H and O–H groups in total. The van der Waals surface area contributed by atoms with Gasteiger partial charge in [0.05, 0.1) is 16.2 Å². The van der Waals surface area contributed by atoms with Crippen molar-refractivity contribution in [2.24, 2.45) is 52.3 Å². The maximum absolute atomic E-state index is 10.2. The van der Waals surface area contributed by atoms with Crippen LogP contribution in [0.25, 0.3) is 0 Å². The van der Waals surface area contributed by atoms with Crippen LogP contribution < -0.4 is 0 Å². The van der Waals surface area contributed by atoms with Crippen LogP contribution in [-0.2, 0) is 10.1 Å². The first-order valence-corrected chi connectivity index (χ1v) is 16.0. The molecule has 5 heteroatoms. The minimum absolute atomic E-state index is 0.0870. The molecule has 0 aromatic rings. The van der Waals surface area contributed by atoms with Crippen molar-refractivity contribution in [1.82, 2.24) is 0 Å². The SMILES string of the molecule is CC[C@H](/C=C/[C@@H](C)[C@H]1CC[C@H]2[C@@H]3CC=C4C[C@@H](O)CC[C@]4(C)[C@H]3CC[C@]12C)C(C)C.CS(=O)(=O)[O-]. The molecule has 0 spiro atoms. The van der Waals surface area contributed by atoms with Crippen molar-refractivity contribution in [3.63, 3.8) is 0 Å². The van der Waals surface area contributed by atoms with Crippen LogP contribution in [0.2, 0.25) is 0 Å². The molecule has 0 aliphatic heterocycles. The molecule has 35 heavy (non-hydrogen) atoms. The van der Waals surface area contributed by atoms with Crippen molar-refractivity contribution < 1.29 is 18.1 Å². The molecule has 9 atom stereocenters. The molecule has 0 aromatic carbocycles. The van der Waals surface area contributed by atoms with Crippen LogP contribution in [0.4, 0.5) is 0 Å². The van der Waals surface area contributed by atoms with Gasteiger partial charge in [0, 0.05) is 6.26 Å². The minimum Gasteiger partial charge on any atom is -0.748 e. The maximum Gasteiger partial charge on any atom is 0.0916 e. The van der Waals surface area contributed by atoms with Gasteiger partial charge in [-0.3, -0.25) is 0 Å². The summed E-state index contributed by atoms with van der Waals surface area (Å²) in [6.07, 6.45) is 19.7. The van der Waals surface area contributed by atoms with Crippen molar-refractivity contribution in [2.45, 2.75) is 105 Å². The monoisotopic (exact) mass is 507 g/mol. The zero-order chi connectivity index (χ0) is 26.2. The summed E-state index contributed by atoms with van der Waals surface area (Å²) in [5.41, 5.74) is 2.51. The lowest BCUT2D eigenvalue weighted by atomic mass is 9.47. The number of aliphatic hydroxyl groups is 1. The molecule has 3 saturated carbocycles. The van der Waals surface area contributed by atoms with E-state index in [-0.39, 0.29) is 6.10 Å². The summed E-state index contributed by atoms with van der Waals surface area (Å²) in [5, 5.41) is 10.2. The lowest BCUT2D eigenvalue weighted by Crippen LogP contribution is -2.50. The maximum atomic E-state index is 10.2. The van der Waals surface area contributed by atoms with Crippen LogP contribution in [0.3, 0.4) is 0 Å². The number of fused-ring (bicyclic) bond motifs is 5. The minimum atomic E-state index is -3.92. The van der Waals surface area contributed by atoms with Gasteiger partial charge >= 0.3 is 0 Å². The molecule has 0 bridgehead atoms. The Balaban J connectivity index is 0.000000623. The van der Waals surface area contributed by atoms with Crippen LogP contribution in [0, 0.1) is 52.3 Å². The second kappa shape index (κ2) is 11.0. The first kappa shape index (κ1) is 28.9. The number of allylic oxidation sites excluding steroid dienone is 3. The van der Waals surface area contributed by atoms with E-state index in [1.807, 2.05) is 0 Å². The van der Waals surface area contributed by atoms with Crippen LogP contribution in [0.1, 0.15) is 99.3 Å². The Morgan fingerprint density at radius 2 is 1.74 bits per heavy atom. The Kier molecular flexibility index (Phi) is 9.08. The number of rotatable bonds is 5. The van der Waals surface area contributed by atoms with E-state index in [0.717, 1.165) is 48.3 Å². The van der Waals surface area contributed by atoms with Gasteiger partial charge in [0.15, 0.2) is 0 Å². The van der Waals surface area contributed by atoms with Crippen molar-refractivity contribution in [3.8, 4) is 0 Å². The van der Waals surface area contributed by atoms with Gasteiger partial charge in [-0.05, 0) is 110 Å². The average molecular weight is 508 g/mol. The van der Waals surface area contributed by atoms with Crippen LogP contribution >= 0.6 is 0 Å². The third-order valence-corrected chi connectivity index (χ3v) is 10.8. The molecule has 0 radical (unpaired) electrons. The highest BCUT2D eigenvalue weighted by Gasteiger charge is 2.58. The first-order chi connectivity index (χ1) is 16.2. The number of hydrogen-bond acceptors (Lipinski definition) is 4. The number of hydrogen-bond donors (Lipinski definition) is 1. The van der Waals surface area contributed by atoms with Gasteiger partial charge in [-0.1, -0.05) is 65.3 Å². The van der Waals surface area contributed by atoms with E-state index >= 15 is 0 Å². The molecule has 0 saturated heterocycles. The molecule has 4 aliphatic carbocycles. The molecular formula is C30H51O4S-. The van der Waals surface area contributed by atoms with Gasteiger partial charge in [-0.15, -0.1) is 0 Å². The quantitative estimate of drug-likeness (QED) is 0.322. The first-order valence-electron chi connectivity index (χ1n) is 14.2. The van der Waals surface area contributed by atoms with Gasteiger partial charge in [0.1, 0.15) is 0 Å². The van der Waals surface area contributed by atoms with Gasteiger partial charge in [0.25, 0.3) is 0 Å². The van der Waals surface area contributed by atoms with E-state index in [0.29, 0.717) is 23.0 Å². The summed E-state index contributed by atoms with van der Waals surface area (Å²) in [6, 6.07) is 0. The fourth-order valence-corrected chi connectivity index (χ4v) is 8.83. The highest BCUT2D eigenvalue weighted by Crippen LogP contribution is 2.67. The molecule has 202 valence electrons. The van der Waals surface area contributed by atoms with Crippen molar-refractivity contribution in [3.05, 3.63) is 23.8 Å². The van der Waals surface area contributed by atoms with Gasteiger partial charge in [0.2, 0.25) is 0 Å². The normalized spacial score (nSPS) is 40.7. The molecule has 0 aromatic heterocycles. The Morgan fingerprint density at radius 1 is 1.09 bits per heavy atom. The summed E-state index contributed by atoms with van der Waals surface area (Å²) in [7, 11) is -3.92. The molecule has 3 fully saturated rings. The zero-order valence-corrected chi connectivity index (χ0v) is 24.1. The largest absolute Gasteiger partial charge is 0.748 e. The van der Waals surface area contributed by atoms with Gasteiger partial charge < -0.3 is 9.66 Å². The van der Waals surface area contributed by atoms with E-state index < -0.39 is 10.1 Å². The van der Waals surface area contributed by atoms with Crippen molar-refractivity contribution >= 4 is 10.1 Å². The molecular weight excluding hydrogens is 456 g/mol. The molecule has 4 nitrogen and oxygen atoms in total. The fourth-order valence-electron chi connectivity index (χ4n) is 8.83.